The van der Waals surface area contributed by atoms with Crippen LogP contribution in [0.2, 0.25) is 0 Å². The van der Waals surface area contributed by atoms with Gasteiger partial charge in [-0.25, -0.2) is 8.42 Å². The lowest BCUT2D eigenvalue weighted by Crippen LogP contribution is -2.49. The van der Waals surface area contributed by atoms with Crippen LogP contribution in [0.1, 0.15) is 33.1 Å². The summed E-state index contributed by atoms with van der Waals surface area (Å²) in [6.07, 6.45) is 3.67. The molecule has 0 aromatic rings. The summed E-state index contributed by atoms with van der Waals surface area (Å²) < 4.78 is 24.6. The van der Waals surface area contributed by atoms with Gasteiger partial charge < -0.3 is 11.1 Å². The first-order chi connectivity index (χ1) is 8.77. The van der Waals surface area contributed by atoms with E-state index in [1.807, 2.05) is 13.8 Å². The number of nitrogens with one attached hydrogen (secondary N) is 1. The van der Waals surface area contributed by atoms with Crippen molar-refractivity contribution in [3.05, 3.63) is 0 Å². The molecule has 0 radical (unpaired) electrons. The Morgan fingerprint density at radius 3 is 2.60 bits per heavy atom. The Kier molecular flexibility index (Phi) is 8.01. The van der Waals surface area contributed by atoms with Crippen molar-refractivity contribution in [2.45, 2.75) is 45.2 Å². The van der Waals surface area contributed by atoms with Gasteiger partial charge in [-0.15, -0.1) is 12.4 Å². The lowest BCUT2D eigenvalue weighted by atomic mass is 9.99. The van der Waals surface area contributed by atoms with Gasteiger partial charge in [0.1, 0.15) is 0 Å². The molecule has 1 rings (SSSR count). The molecule has 8 heteroatoms. The van der Waals surface area contributed by atoms with Gasteiger partial charge in [0.2, 0.25) is 15.9 Å². The second-order valence-electron chi connectivity index (χ2n) is 5.33. The predicted molar refractivity (Wildman–Crippen MR) is 82.3 cm³/mol. The zero-order valence-corrected chi connectivity index (χ0v) is 14.0. The van der Waals surface area contributed by atoms with E-state index in [1.165, 1.54) is 10.6 Å². The number of halogens is 1. The monoisotopic (exact) mass is 327 g/mol. The third-order valence-corrected chi connectivity index (χ3v) is 5.15. The molecule has 1 fully saturated rings. The maximum atomic E-state index is 11.9. The average Bonchev–Trinajstić information content (AvgIpc) is 2.82. The number of nitrogens with zero attached hydrogens (tertiary/aromatic N) is 1. The summed E-state index contributed by atoms with van der Waals surface area (Å²) in [4.78, 5) is 11.9. The summed E-state index contributed by atoms with van der Waals surface area (Å²) in [5.74, 6) is -0.0794. The molecule has 1 aliphatic rings. The van der Waals surface area contributed by atoms with E-state index < -0.39 is 16.1 Å². The normalized spacial score (nSPS) is 22.9. The smallest absolute Gasteiger partial charge is 0.237 e. The molecule has 0 spiro atoms. The molecule has 1 aliphatic heterocycles. The van der Waals surface area contributed by atoms with Crippen LogP contribution in [0, 0.1) is 5.92 Å². The first kappa shape index (κ1) is 19.6. The van der Waals surface area contributed by atoms with Crippen LogP contribution in [-0.2, 0) is 14.8 Å². The topological polar surface area (TPSA) is 92.5 Å². The number of amides is 1. The Morgan fingerprint density at radius 1 is 1.50 bits per heavy atom. The molecule has 0 aromatic heterocycles. The van der Waals surface area contributed by atoms with E-state index in [0.717, 1.165) is 19.3 Å². The molecule has 3 atom stereocenters. The van der Waals surface area contributed by atoms with E-state index in [-0.39, 0.29) is 30.3 Å². The Hall–Kier alpha value is -0.370. The summed E-state index contributed by atoms with van der Waals surface area (Å²) in [5.41, 5.74) is 5.83. The van der Waals surface area contributed by atoms with Gasteiger partial charge >= 0.3 is 0 Å². The quantitative estimate of drug-likeness (QED) is 0.735. The van der Waals surface area contributed by atoms with E-state index in [2.05, 4.69) is 5.32 Å². The van der Waals surface area contributed by atoms with E-state index in [4.69, 9.17) is 5.73 Å². The number of rotatable bonds is 6. The molecule has 6 nitrogen and oxygen atoms in total. The Labute approximate surface area is 127 Å². The Morgan fingerprint density at radius 2 is 2.10 bits per heavy atom. The molecule has 3 N–H and O–H groups in total. The molecule has 120 valence electrons. The van der Waals surface area contributed by atoms with Gasteiger partial charge in [0.05, 0.1) is 12.3 Å². The number of carbonyl (C=O) groups is 1. The van der Waals surface area contributed by atoms with Crippen molar-refractivity contribution < 1.29 is 13.2 Å². The van der Waals surface area contributed by atoms with Gasteiger partial charge in [-0.3, -0.25) is 4.79 Å². The predicted octanol–water partition coefficient (Wildman–Crippen LogP) is 0.322. The van der Waals surface area contributed by atoms with Crippen LogP contribution >= 0.6 is 12.4 Å². The SMILES string of the molecule is CCC(C)C(N)C(=O)NC[C@H]1CCCN1S(C)(=O)=O.Cl. The van der Waals surface area contributed by atoms with Gasteiger partial charge in [-0.1, -0.05) is 20.3 Å². The molecular formula is C12H26ClN3O3S. The molecule has 0 aliphatic carbocycles. The minimum Gasteiger partial charge on any atom is -0.353 e. The van der Waals surface area contributed by atoms with Gasteiger partial charge in [-0.2, -0.15) is 4.31 Å². The fourth-order valence-corrected chi connectivity index (χ4v) is 3.48. The number of carbonyl (C=O) groups excluding carboxylic acids is 1. The van der Waals surface area contributed by atoms with Crippen LogP contribution < -0.4 is 11.1 Å². The Bertz CT molecular complexity index is 416. The zero-order chi connectivity index (χ0) is 14.6. The van der Waals surface area contributed by atoms with Crippen LogP contribution in [0.3, 0.4) is 0 Å². The summed E-state index contributed by atoms with van der Waals surface area (Å²) >= 11 is 0. The lowest BCUT2D eigenvalue weighted by Gasteiger charge is -2.24. The van der Waals surface area contributed by atoms with Crippen molar-refractivity contribution in [3.63, 3.8) is 0 Å². The van der Waals surface area contributed by atoms with E-state index in [0.29, 0.717) is 13.1 Å². The molecule has 0 saturated carbocycles. The number of hydrogen-bond donors (Lipinski definition) is 2. The van der Waals surface area contributed by atoms with E-state index in [1.54, 1.807) is 0 Å². The van der Waals surface area contributed by atoms with Crippen LogP contribution in [-0.4, -0.2) is 50.1 Å². The van der Waals surface area contributed by atoms with Crippen molar-refractivity contribution in [2.75, 3.05) is 19.3 Å². The minimum atomic E-state index is -3.19. The highest BCUT2D eigenvalue weighted by atomic mass is 35.5. The third kappa shape index (κ3) is 5.20. The summed E-state index contributed by atoms with van der Waals surface area (Å²) in [6.45, 7) is 4.80. The highest BCUT2D eigenvalue weighted by Crippen LogP contribution is 2.19. The number of nitrogens with two attached hydrogens (primary N) is 1. The molecule has 1 heterocycles. The van der Waals surface area contributed by atoms with Crippen molar-refractivity contribution >= 4 is 28.3 Å². The average molecular weight is 328 g/mol. The second-order valence-corrected chi connectivity index (χ2v) is 7.26. The molecule has 0 aromatic carbocycles. The van der Waals surface area contributed by atoms with Crippen LogP contribution in [0.25, 0.3) is 0 Å². The first-order valence-electron chi connectivity index (χ1n) is 6.77. The molecule has 2 unspecified atom stereocenters. The minimum absolute atomic E-state index is 0. The number of sulfonamides is 1. The standard InChI is InChI=1S/C12H25N3O3S.ClH/c1-4-9(2)11(13)12(16)14-8-10-6-5-7-15(10)19(3,17)18;/h9-11H,4-8,13H2,1-3H3,(H,14,16);1H/t9?,10-,11?;/m1./s1. The van der Waals surface area contributed by atoms with Crippen molar-refractivity contribution in [3.8, 4) is 0 Å². The van der Waals surface area contributed by atoms with Crippen LogP contribution in [0.4, 0.5) is 0 Å². The summed E-state index contributed by atoms with van der Waals surface area (Å²) in [7, 11) is -3.19. The second kappa shape index (κ2) is 8.17. The van der Waals surface area contributed by atoms with Crippen LogP contribution in [0.15, 0.2) is 0 Å². The van der Waals surface area contributed by atoms with E-state index >= 15 is 0 Å². The molecule has 1 saturated heterocycles. The fraction of sp³-hybridized carbons (Fsp3) is 0.917. The third-order valence-electron chi connectivity index (χ3n) is 3.82. The van der Waals surface area contributed by atoms with Gasteiger partial charge in [-0.05, 0) is 18.8 Å². The molecule has 20 heavy (non-hydrogen) atoms. The fourth-order valence-electron chi connectivity index (χ4n) is 2.30. The first-order valence-corrected chi connectivity index (χ1v) is 8.62. The van der Waals surface area contributed by atoms with Gasteiger partial charge in [0.15, 0.2) is 0 Å². The lowest BCUT2D eigenvalue weighted by molar-refractivity contribution is -0.123. The van der Waals surface area contributed by atoms with Gasteiger partial charge in [0.25, 0.3) is 0 Å². The maximum Gasteiger partial charge on any atom is 0.237 e. The van der Waals surface area contributed by atoms with Crippen LogP contribution in [0.5, 0.6) is 0 Å². The molecule has 1 amide bonds. The molecular weight excluding hydrogens is 302 g/mol. The maximum absolute atomic E-state index is 11.9. The summed E-state index contributed by atoms with van der Waals surface area (Å²) in [6, 6.07) is -0.666. The van der Waals surface area contributed by atoms with Gasteiger partial charge in [0, 0.05) is 19.1 Å². The number of hydrogen-bond acceptors (Lipinski definition) is 4. The largest absolute Gasteiger partial charge is 0.353 e. The summed E-state index contributed by atoms with van der Waals surface area (Å²) in [5, 5.41) is 2.77. The van der Waals surface area contributed by atoms with E-state index in [9.17, 15) is 13.2 Å². The highest BCUT2D eigenvalue weighted by molar-refractivity contribution is 7.88. The van der Waals surface area contributed by atoms with Crippen molar-refractivity contribution in [1.82, 2.24) is 9.62 Å². The van der Waals surface area contributed by atoms with Crippen molar-refractivity contribution in [1.29, 1.82) is 0 Å². The van der Waals surface area contributed by atoms with Crippen molar-refractivity contribution in [2.24, 2.45) is 11.7 Å². The Balaban J connectivity index is 0.00000361. The zero-order valence-electron chi connectivity index (χ0n) is 12.3. The molecule has 0 bridgehead atoms. The highest BCUT2D eigenvalue weighted by Gasteiger charge is 2.32.